The van der Waals surface area contributed by atoms with Gasteiger partial charge in [0.05, 0.1) is 0 Å². The summed E-state index contributed by atoms with van der Waals surface area (Å²) in [6.07, 6.45) is 8.32. The Morgan fingerprint density at radius 1 is 0.365 bits per heavy atom. The van der Waals surface area contributed by atoms with Crippen LogP contribution in [0.25, 0.3) is 0 Å². The van der Waals surface area contributed by atoms with Crippen molar-refractivity contribution < 1.29 is 42.8 Å². The van der Waals surface area contributed by atoms with Crippen molar-refractivity contribution in [3.63, 3.8) is 0 Å². The third kappa shape index (κ3) is 13.9. The smallest absolute Gasteiger partial charge is 0.431 e. The monoisotopic (exact) mass is 749 g/mol. The fourth-order valence-corrected chi connectivity index (χ4v) is 9.09. The molecule has 9 rings (SSSR count). The van der Waals surface area contributed by atoms with Gasteiger partial charge in [-0.2, -0.15) is 0 Å². The summed E-state index contributed by atoms with van der Waals surface area (Å²) >= 11 is 0. The van der Waals surface area contributed by atoms with Crippen LogP contribution in [0.3, 0.4) is 0 Å². The normalized spacial score (nSPS) is 34.2. The van der Waals surface area contributed by atoms with Gasteiger partial charge in [0.25, 0.3) is 0 Å². The molecule has 6 saturated carbocycles. The molecule has 0 aromatic heterocycles. The zero-order valence-electron chi connectivity index (χ0n) is 36.5. The Balaban J connectivity index is -0.000000284. The van der Waals surface area contributed by atoms with E-state index in [0.717, 1.165) is 23.7 Å². The Hall–Kier alpha value is -2.19. The van der Waals surface area contributed by atoms with E-state index >= 15 is 0 Å². The highest BCUT2D eigenvalue weighted by Crippen LogP contribution is 2.69. The molecule has 3 aliphatic heterocycles. The molecule has 0 aromatic carbocycles. The summed E-state index contributed by atoms with van der Waals surface area (Å²) in [4.78, 5) is 31.8. The van der Waals surface area contributed by atoms with Crippen molar-refractivity contribution in [3.05, 3.63) is 0 Å². The van der Waals surface area contributed by atoms with Gasteiger partial charge in [0.1, 0.15) is 37.6 Å². The van der Waals surface area contributed by atoms with E-state index in [-0.39, 0.29) is 31.8 Å². The molecule has 0 spiro atoms. The summed E-state index contributed by atoms with van der Waals surface area (Å²) in [5, 5.41) is 0. The van der Waals surface area contributed by atoms with Crippen LogP contribution in [0, 0.1) is 47.3 Å². The maximum absolute atomic E-state index is 11.2. The highest BCUT2D eigenvalue weighted by atomic mass is 16.8. The highest BCUT2D eigenvalue weighted by Gasteiger charge is 2.69. The predicted molar refractivity (Wildman–Crippen MR) is 217 cm³/mol. The molecule has 0 N–H and O–H groups in total. The molecule has 0 amide bonds. The van der Waals surface area contributed by atoms with Gasteiger partial charge in [-0.3, -0.25) is 0 Å². The van der Waals surface area contributed by atoms with E-state index in [9.17, 15) is 14.4 Å². The first-order valence-corrected chi connectivity index (χ1v) is 21.6. The first kappa shape index (κ1) is 56.5. The number of cyclic esters (lactones) is 2. The van der Waals surface area contributed by atoms with Gasteiger partial charge in [0.15, 0.2) is 0 Å². The predicted octanol–water partition coefficient (Wildman–Crippen LogP) is 13.5. The van der Waals surface area contributed by atoms with E-state index in [0.29, 0.717) is 36.9 Å². The molecule has 9 heteroatoms. The summed E-state index contributed by atoms with van der Waals surface area (Å²) in [6, 6.07) is 0. The van der Waals surface area contributed by atoms with E-state index in [4.69, 9.17) is 18.9 Å². The van der Waals surface area contributed by atoms with Crippen molar-refractivity contribution in [2.45, 2.75) is 201 Å². The molecule has 12 atom stereocenters. The van der Waals surface area contributed by atoms with Gasteiger partial charge in [-0.15, -0.1) is 0 Å². The minimum Gasteiger partial charge on any atom is -0.431 e. The van der Waals surface area contributed by atoms with Gasteiger partial charge in [-0.25, -0.2) is 14.4 Å². The molecule has 3 saturated heterocycles. The third-order valence-corrected chi connectivity index (χ3v) is 9.97. The lowest BCUT2D eigenvalue weighted by molar-refractivity contribution is 0.00878. The number of ether oxygens (including phenoxy) is 6. The van der Waals surface area contributed by atoms with E-state index in [1.165, 1.54) is 44.9 Å². The fourth-order valence-electron chi connectivity index (χ4n) is 9.09. The molecule has 0 radical (unpaired) electrons. The highest BCUT2D eigenvalue weighted by molar-refractivity contribution is 5.63. The Bertz CT molecular complexity index is 806. The van der Waals surface area contributed by atoms with Crippen LogP contribution < -0.4 is 0 Å². The van der Waals surface area contributed by atoms with Crippen LogP contribution in [-0.4, -0.2) is 56.1 Å². The SMILES string of the molecule is C.CC.CC.CC.CC.CC.CC.CC.CC.CC.O=C1OC2C3CC(C2O1)C1C2CCC(C2)C31.O=C1OC2C3CCC(C3)C2O1.O=C1OCCO1. The Kier molecular flexibility index (Phi) is 36.3. The average molecular weight is 749 g/mol. The number of carbonyl (C=O) groups is 3. The van der Waals surface area contributed by atoms with Crippen LogP contribution in [0.2, 0.25) is 0 Å². The van der Waals surface area contributed by atoms with Gasteiger partial charge < -0.3 is 28.4 Å². The minimum atomic E-state index is -0.546. The number of rotatable bonds is 0. The lowest BCUT2D eigenvalue weighted by Gasteiger charge is -2.38. The van der Waals surface area contributed by atoms with Gasteiger partial charge in [-0.1, -0.05) is 132 Å². The molecule has 314 valence electrons. The summed E-state index contributed by atoms with van der Waals surface area (Å²) in [7, 11) is 0. The fraction of sp³-hybridized carbons (Fsp3) is 0.930. The maximum Gasteiger partial charge on any atom is 0.509 e. The van der Waals surface area contributed by atoms with Gasteiger partial charge >= 0.3 is 18.5 Å². The zero-order valence-corrected chi connectivity index (χ0v) is 36.5. The first-order chi connectivity index (χ1) is 25.1. The van der Waals surface area contributed by atoms with E-state index in [1.807, 2.05) is 125 Å². The standard InChI is InChI=1S/C13H16O3.C8H10O3.C3H4O3.9C2H6.CH4/c14-13-15-11-7-4-8(12(11)16-13)10-6-2-1-5(3-6)9(7)10;9-8-10-6-4-1-2-5(3-4)7(6)11-8;4-3-5-1-2-6-3;9*1-2;/h5-12H,1-4H2;4-7H,1-3H2;1-2H2;9*1-2H3;1H4. The number of hydrogen-bond donors (Lipinski definition) is 0. The van der Waals surface area contributed by atoms with E-state index in [2.05, 4.69) is 9.47 Å². The molecule has 9 aliphatic rings. The number of fused-ring (bicyclic) bond motifs is 17. The lowest BCUT2D eigenvalue weighted by atomic mass is 9.69. The summed E-state index contributed by atoms with van der Waals surface area (Å²) in [5.41, 5.74) is 0. The Morgan fingerprint density at radius 3 is 0.923 bits per heavy atom. The minimum absolute atomic E-state index is 0. The Labute approximate surface area is 322 Å². The van der Waals surface area contributed by atoms with Crippen molar-refractivity contribution in [3.8, 4) is 0 Å². The van der Waals surface area contributed by atoms with Crippen molar-refractivity contribution in [1.29, 1.82) is 0 Å². The lowest BCUT2D eigenvalue weighted by Crippen LogP contribution is -2.42. The summed E-state index contributed by atoms with van der Waals surface area (Å²) < 4.78 is 29.4. The molecule has 9 nitrogen and oxygen atoms in total. The molecule has 6 aliphatic carbocycles. The van der Waals surface area contributed by atoms with Crippen molar-refractivity contribution in [1.82, 2.24) is 0 Å². The molecule has 9 fully saturated rings. The topological polar surface area (TPSA) is 107 Å². The van der Waals surface area contributed by atoms with Crippen LogP contribution in [0.15, 0.2) is 0 Å². The van der Waals surface area contributed by atoms with Crippen molar-refractivity contribution in [2.75, 3.05) is 13.2 Å². The maximum atomic E-state index is 11.2. The zero-order chi connectivity index (χ0) is 40.3. The van der Waals surface area contributed by atoms with Crippen molar-refractivity contribution in [2.24, 2.45) is 47.3 Å². The molecule has 12 unspecified atom stereocenters. The second-order valence-electron chi connectivity index (χ2n) is 11.2. The molecular formula is C43H88O9. The van der Waals surface area contributed by atoms with E-state index in [1.54, 1.807) is 0 Å². The molecule has 6 bridgehead atoms. The summed E-state index contributed by atoms with van der Waals surface area (Å²) in [6.45, 7) is 36.8. The largest absolute Gasteiger partial charge is 0.509 e. The summed E-state index contributed by atoms with van der Waals surface area (Å²) in [5.74, 6) is 6.14. The Morgan fingerprint density at radius 2 is 0.635 bits per heavy atom. The van der Waals surface area contributed by atoms with Crippen LogP contribution >= 0.6 is 0 Å². The third-order valence-electron chi connectivity index (χ3n) is 9.97. The molecule has 0 aromatic rings. The van der Waals surface area contributed by atoms with Crippen molar-refractivity contribution >= 4 is 18.5 Å². The van der Waals surface area contributed by atoms with E-state index < -0.39 is 18.5 Å². The number of hydrogen-bond acceptors (Lipinski definition) is 9. The number of carbonyl (C=O) groups excluding carboxylic acids is 3. The quantitative estimate of drug-likeness (QED) is 0.136. The second-order valence-corrected chi connectivity index (χ2v) is 11.2. The van der Waals surface area contributed by atoms with Gasteiger partial charge in [0.2, 0.25) is 0 Å². The van der Waals surface area contributed by atoms with Gasteiger partial charge in [-0.05, 0) is 68.6 Å². The first-order valence-electron chi connectivity index (χ1n) is 21.6. The van der Waals surface area contributed by atoms with Crippen LogP contribution in [-0.2, 0) is 28.4 Å². The van der Waals surface area contributed by atoms with Gasteiger partial charge in [0, 0.05) is 23.7 Å². The van der Waals surface area contributed by atoms with Crippen LogP contribution in [0.1, 0.15) is 177 Å². The van der Waals surface area contributed by atoms with Crippen LogP contribution in [0.5, 0.6) is 0 Å². The molecule has 52 heavy (non-hydrogen) atoms. The second kappa shape index (κ2) is 33.4. The molecular weight excluding hydrogens is 660 g/mol. The molecule has 3 heterocycles. The average Bonchev–Trinajstić information content (AvgIpc) is 4.07. The van der Waals surface area contributed by atoms with Crippen LogP contribution in [0.4, 0.5) is 14.4 Å².